The fraction of sp³-hybridized carbons (Fsp3) is 0.462. The lowest BCUT2D eigenvalue weighted by molar-refractivity contribution is -0.105. The molecule has 0 aliphatic carbocycles. The highest BCUT2D eigenvalue weighted by atomic mass is 16.5. The molecule has 0 radical (unpaired) electrons. The van der Waals surface area contributed by atoms with E-state index in [1.54, 1.807) is 12.3 Å². The molecule has 1 aromatic heterocycles. The fourth-order valence-electron chi connectivity index (χ4n) is 5.12. The first-order chi connectivity index (χ1) is 17.5. The van der Waals surface area contributed by atoms with E-state index in [-0.39, 0.29) is 17.9 Å². The smallest absolute Gasteiger partial charge is 0.261 e. The zero-order valence-electron chi connectivity index (χ0n) is 20.6. The number of nitrogens with one attached hydrogen (secondary N) is 1. The van der Waals surface area contributed by atoms with Gasteiger partial charge in [0, 0.05) is 58.5 Å². The number of anilines is 3. The fourth-order valence-corrected chi connectivity index (χ4v) is 5.12. The standard InChI is InChI=1S/C26H32N6O4/c1-29-25(34)22-4-2-19(16-23(22)26(29)35)31-8-6-21(7-9-31)36-15-14-30-10-12-32(13-11-30)20-3-5-24(27-17-20)28-18-33/h2-5,16-18,21H,6-15H2,1H3,(H,27,28,33). The number of hydrogen-bond donors (Lipinski definition) is 1. The third-order valence-electron chi connectivity index (χ3n) is 7.33. The highest BCUT2D eigenvalue weighted by molar-refractivity contribution is 6.21. The van der Waals surface area contributed by atoms with Crippen molar-refractivity contribution >= 4 is 35.4 Å². The van der Waals surface area contributed by atoms with Crippen LogP contribution in [0.25, 0.3) is 0 Å². The van der Waals surface area contributed by atoms with Gasteiger partial charge in [0.1, 0.15) is 5.82 Å². The maximum atomic E-state index is 12.3. The zero-order chi connectivity index (χ0) is 25.1. The van der Waals surface area contributed by atoms with E-state index in [2.05, 4.69) is 25.0 Å². The van der Waals surface area contributed by atoms with E-state index in [1.165, 1.54) is 11.9 Å². The van der Waals surface area contributed by atoms with Crippen LogP contribution in [0.15, 0.2) is 36.5 Å². The second-order valence-corrected chi connectivity index (χ2v) is 9.45. The van der Waals surface area contributed by atoms with Gasteiger partial charge in [-0.15, -0.1) is 0 Å². The van der Waals surface area contributed by atoms with Crippen molar-refractivity contribution < 1.29 is 19.1 Å². The summed E-state index contributed by atoms with van der Waals surface area (Å²) in [5, 5.41) is 2.56. The Morgan fingerprint density at radius 2 is 1.64 bits per heavy atom. The van der Waals surface area contributed by atoms with Crippen molar-refractivity contribution in [2.45, 2.75) is 18.9 Å². The molecule has 2 saturated heterocycles. The summed E-state index contributed by atoms with van der Waals surface area (Å²) in [6.07, 6.45) is 4.57. The minimum Gasteiger partial charge on any atom is -0.377 e. The van der Waals surface area contributed by atoms with Crippen molar-refractivity contribution in [3.63, 3.8) is 0 Å². The molecule has 0 unspecified atom stereocenters. The molecular weight excluding hydrogens is 460 g/mol. The number of piperazine rings is 1. The second kappa shape index (κ2) is 10.6. The number of rotatable bonds is 8. The number of ether oxygens (including phenoxy) is 1. The topological polar surface area (TPSA) is 98.3 Å². The van der Waals surface area contributed by atoms with Gasteiger partial charge in [-0.3, -0.25) is 24.2 Å². The number of carbonyl (C=O) groups excluding carboxylic acids is 3. The second-order valence-electron chi connectivity index (χ2n) is 9.45. The molecule has 3 aliphatic rings. The molecule has 3 amide bonds. The molecule has 0 spiro atoms. The molecule has 4 heterocycles. The van der Waals surface area contributed by atoms with Gasteiger partial charge in [0.15, 0.2) is 0 Å². The van der Waals surface area contributed by atoms with Gasteiger partial charge in [-0.25, -0.2) is 4.98 Å². The van der Waals surface area contributed by atoms with Gasteiger partial charge >= 0.3 is 0 Å². The molecular formula is C26H32N6O4. The number of imide groups is 1. The number of piperidine rings is 1. The van der Waals surface area contributed by atoms with Crippen LogP contribution in [-0.4, -0.2) is 98.6 Å². The molecule has 10 heteroatoms. The molecule has 1 aromatic carbocycles. The SMILES string of the molecule is CN1C(=O)c2ccc(N3CCC(OCCN4CCN(c5ccc(NC=O)nc5)CC4)CC3)cc2C1=O. The monoisotopic (exact) mass is 492 g/mol. The highest BCUT2D eigenvalue weighted by Gasteiger charge is 2.33. The molecule has 2 fully saturated rings. The van der Waals surface area contributed by atoms with E-state index >= 15 is 0 Å². The predicted molar refractivity (Wildman–Crippen MR) is 137 cm³/mol. The quantitative estimate of drug-likeness (QED) is 0.439. The molecule has 3 aliphatic heterocycles. The van der Waals surface area contributed by atoms with E-state index < -0.39 is 0 Å². The Hall–Kier alpha value is -3.50. The van der Waals surface area contributed by atoms with Gasteiger partial charge in [-0.2, -0.15) is 0 Å². The number of hydrogen-bond acceptors (Lipinski definition) is 8. The summed E-state index contributed by atoms with van der Waals surface area (Å²) in [6, 6.07) is 9.37. The lowest BCUT2D eigenvalue weighted by Crippen LogP contribution is -2.47. The third kappa shape index (κ3) is 5.05. The summed E-state index contributed by atoms with van der Waals surface area (Å²) in [5.74, 6) is 0.105. The van der Waals surface area contributed by atoms with E-state index in [4.69, 9.17) is 4.74 Å². The van der Waals surface area contributed by atoms with Gasteiger partial charge in [0.25, 0.3) is 11.8 Å². The summed E-state index contributed by atoms with van der Waals surface area (Å²) in [7, 11) is 1.53. The molecule has 1 N–H and O–H groups in total. The summed E-state index contributed by atoms with van der Waals surface area (Å²) < 4.78 is 6.20. The average Bonchev–Trinajstić information content (AvgIpc) is 3.13. The number of aromatic nitrogens is 1. The molecule has 0 bridgehead atoms. The van der Waals surface area contributed by atoms with Gasteiger partial charge in [-0.05, 0) is 43.2 Å². The van der Waals surface area contributed by atoms with E-state index in [0.29, 0.717) is 23.4 Å². The Morgan fingerprint density at radius 1 is 0.944 bits per heavy atom. The number of pyridine rings is 1. The Bertz CT molecular complexity index is 1110. The third-order valence-corrected chi connectivity index (χ3v) is 7.33. The maximum Gasteiger partial charge on any atom is 0.261 e. The molecule has 0 saturated carbocycles. The molecule has 10 nitrogen and oxygen atoms in total. The zero-order valence-corrected chi connectivity index (χ0v) is 20.6. The summed E-state index contributed by atoms with van der Waals surface area (Å²) in [6.45, 7) is 7.21. The normalized spacial score (nSPS) is 19.1. The minimum atomic E-state index is -0.227. The Labute approximate surface area is 210 Å². The number of nitrogens with zero attached hydrogens (tertiary/aromatic N) is 5. The van der Waals surface area contributed by atoms with Gasteiger partial charge < -0.3 is 19.9 Å². The molecule has 5 rings (SSSR count). The van der Waals surface area contributed by atoms with Crippen molar-refractivity contribution in [3.8, 4) is 0 Å². The largest absolute Gasteiger partial charge is 0.377 e. The summed E-state index contributed by atoms with van der Waals surface area (Å²) >= 11 is 0. The van der Waals surface area contributed by atoms with Crippen molar-refractivity contribution in [3.05, 3.63) is 47.7 Å². The van der Waals surface area contributed by atoms with Gasteiger partial charge in [0.05, 0.1) is 35.7 Å². The molecule has 0 atom stereocenters. The molecule has 2 aromatic rings. The van der Waals surface area contributed by atoms with Crippen molar-refractivity contribution in [2.75, 3.05) is 74.6 Å². The first kappa shape index (κ1) is 24.2. The van der Waals surface area contributed by atoms with E-state index in [0.717, 1.165) is 76.6 Å². The van der Waals surface area contributed by atoms with Crippen LogP contribution < -0.4 is 15.1 Å². The summed E-state index contributed by atoms with van der Waals surface area (Å²) in [5.41, 5.74) is 3.06. The van der Waals surface area contributed by atoms with Crippen LogP contribution in [-0.2, 0) is 9.53 Å². The van der Waals surface area contributed by atoms with E-state index in [1.807, 2.05) is 24.3 Å². The molecule has 36 heavy (non-hydrogen) atoms. The van der Waals surface area contributed by atoms with Crippen LogP contribution >= 0.6 is 0 Å². The van der Waals surface area contributed by atoms with Gasteiger partial charge in [-0.1, -0.05) is 0 Å². The van der Waals surface area contributed by atoms with Crippen LogP contribution in [0.3, 0.4) is 0 Å². The lowest BCUT2D eigenvalue weighted by Gasteiger charge is -2.37. The Balaban J connectivity index is 1.02. The minimum absolute atomic E-state index is 0.225. The Kier molecular flexibility index (Phi) is 7.15. The van der Waals surface area contributed by atoms with Crippen molar-refractivity contribution in [1.82, 2.24) is 14.8 Å². The lowest BCUT2D eigenvalue weighted by atomic mass is 10.0. The number of fused-ring (bicyclic) bond motifs is 1. The van der Waals surface area contributed by atoms with Crippen molar-refractivity contribution in [1.29, 1.82) is 0 Å². The van der Waals surface area contributed by atoms with Crippen LogP contribution in [0.5, 0.6) is 0 Å². The highest BCUT2D eigenvalue weighted by Crippen LogP contribution is 2.28. The average molecular weight is 493 g/mol. The number of benzene rings is 1. The summed E-state index contributed by atoms with van der Waals surface area (Å²) in [4.78, 5) is 47.4. The van der Waals surface area contributed by atoms with Crippen LogP contribution in [0, 0.1) is 0 Å². The van der Waals surface area contributed by atoms with Crippen LogP contribution in [0.1, 0.15) is 33.6 Å². The first-order valence-corrected chi connectivity index (χ1v) is 12.5. The number of amides is 3. The van der Waals surface area contributed by atoms with E-state index in [9.17, 15) is 14.4 Å². The number of carbonyl (C=O) groups is 3. The van der Waals surface area contributed by atoms with Crippen LogP contribution in [0.4, 0.5) is 17.2 Å². The maximum absolute atomic E-state index is 12.3. The van der Waals surface area contributed by atoms with Crippen molar-refractivity contribution in [2.24, 2.45) is 0 Å². The predicted octanol–water partition coefficient (Wildman–Crippen LogP) is 1.68. The van der Waals surface area contributed by atoms with Gasteiger partial charge in [0.2, 0.25) is 6.41 Å². The molecule has 190 valence electrons. The Morgan fingerprint density at radius 3 is 2.33 bits per heavy atom. The van der Waals surface area contributed by atoms with Crippen LogP contribution in [0.2, 0.25) is 0 Å². The first-order valence-electron chi connectivity index (χ1n) is 12.5.